The number of nitrogens with one attached hydrogen (secondary N) is 1. The molecule has 2 aromatic carbocycles. The van der Waals surface area contributed by atoms with Gasteiger partial charge >= 0.3 is 5.76 Å². The first-order valence-corrected chi connectivity index (χ1v) is 11.1. The predicted octanol–water partition coefficient (Wildman–Crippen LogP) is 5.49. The van der Waals surface area contributed by atoms with Gasteiger partial charge in [0, 0.05) is 12.1 Å². The summed E-state index contributed by atoms with van der Waals surface area (Å²) in [4.78, 5) is 16.8. The second-order valence-electron chi connectivity index (χ2n) is 8.48. The van der Waals surface area contributed by atoms with Crippen LogP contribution in [-0.4, -0.2) is 28.5 Å². The van der Waals surface area contributed by atoms with E-state index in [-0.39, 0.29) is 5.76 Å². The summed E-state index contributed by atoms with van der Waals surface area (Å²) in [5, 5.41) is 0. The van der Waals surface area contributed by atoms with E-state index in [1.807, 2.05) is 6.07 Å². The van der Waals surface area contributed by atoms with Gasteiger partial charge in [0.1, 0.15) is 0 Å². The average molecular weight is 393 g/mol. The second kappa shape index (κ2) is 9.00. The van der Waals surface area contributed by atoms with Gasteiger partial charge in [-0.3, -0.25) is 9.88 Å². The number of fused-ring (bicyclic) bond motifs is 1. The van der Waals surface area contributed by atoms with Crippen LogP contribution in [0.5, 0.6) is 0 Å². The van der Waals surface area contributed by atoms with E-state index in [0.717, 1.165) is 18.5 Å². The molecule has 0 radical (unpaired) electrons. The van der Waals surface area contributed by atoms with Crippen molar-refractivity contribution in [2.45, 2.75) is 70.4 Å². The maximum atomic E-state index is 11.4. The van der Waals surface area contributed by atoms with Gasteiger partial charge < -0.3 is 4.42 Å². The van der Waals surface area contributed by atoms with Gasteiger partial charge in [0.2, 0.25) is 0 Å². The van der Waals surface area contributed by atoms with Crippen LogP contribution < -0.4 is 5.76 Å². The van der Waals surface area contributed by atoms with E-state index in [1.165, 1.54) is 43.2 Å². The van der Waals surface area contributed by atoms with Crippen LogP contribution in [0.2, 0.25) is 0 Å². The molecule has 1 saturated carbocycles. The van der Waals surface area contributed by atoms with Gasteiger partial charge in [0.05, 0.1) is 5.52 Å². The minimum absolute atomic E-state index is 0.371. The van der Waals surface area contributed by atoms with Crippen molar-refractivity contribution in [1.29, 1.82) is 0 Å². The first-order valence-electron chi connectivity index (χ1n) is 11.1. The zero-order chi connectivity index (χ0) is 20.2. The van der Waals surface area contributed by atoms with Gasteiger partial charge in [-0.2, -0.15) is 0 Å². The fourth-order valence-electron chi connectivity index (χ4n) is 5.07. The Kier molecular flexibility index (Phi) is 6.19. The van der Waals surface area contributed by atoms with E-state index >= 15 is 0 Å². The van der Waals surface area contributed by atoms with Gasteiger partial charge in [0.15, 0.2) is 5.58 Å². The lowest BCUT2D eigenvalue weighted by Crippen LogP contribution is -2.43. The number of rotatable bonds is 7. The van der Waals surface area contributed by atoms with Crippen LogP contribution in [0.15, 0.2) is 57.7 Å². The van der Waals surface area contributed by atoms with Crippen LogP contribution in [0.25, 0.3) is 11.1 Å². The molecule has 154 valence electrons. The highest BCUT2D eigenvalue weighted by Crippen LogP contribution is 2.36. The van der Waals surface area contributed by atoms with Crippen molar-refractivity contribution in [3.05, 3.63) is 70.2 Å². The number of benzene rings is 2. The number of hydrogen-bond acceptors (Lipinski definition) is 3. The third-order valence-electron chi connectivity index (χ3n) is 6.71. The number of nitrogens with zero attached hydrogens (tertiary/aromatic N) is 1. The molecule has 1 aliphatic rings. The minimum Gasteiger partial charge on any atom is -0.408 e. The highest BCUT2D eigenvalue weighted by Gasteiger charge is 2.28. The Morgan fingerprint density at radius 2 is 1.86 bits per heavy atom. The molecule has 0 spiro atoms. The van der Waals surface area contributed by atoms with Gasteiger partial charge in [0.25, 0.3) is 0 Å². The lowest BCUT2D eigenvalue weighted by atomic mass is 9.80. The highest BCUT2D eigenvalue weighted by atomic mass is 16.4. The lowest BCUT2D eigenvalue weighted by molar-refractivity contribution is 0.109. The van der Waals surface area contributed by atoms with Crippen molar-refractivity contribution in [2.75, 3.05) is 6.54 Å². The minimum atomic E-state index is -0.371. The van der Waals surface area contributed by atoms with Crippen molar-refractivity contribution in [3.8, 4) is 0 Å². The third-order valence-corrected chi connectivity index (χ3v) is 6.71. The molecule has 29 heavy (non-hydrogen) atoms. The maximum absolute atomic E-state index is 11.4. The summed E-state index contributed by atoms with van der Waals surface area (Å²) in [6.07, 6.45) is 7.24. The first-order chi connectivity index (χ1) is 14.1. The molecular weight excluding hydrogens is 360 g/mol. The normalized spacial score (nSPS) is 20.9. The Hall–Kier alpha value is -2.33. The van der Waals surface area contributed by atoms with Crippen LogP contribution in [0.1, 0.15) is 63.0 Å². The third kappa shape index (κ3) is 4.64. The molecule has 0 amide bonds. The number of aromatic amines is 1. The summed E-state index contributed by atoms with van der Waals surface area (Å²) in [7, 11) is 0. The zero-order valence-corrected chi connectivity index (χ0v) is 17.6. The molecule has 1 fully saturated rings. The van der Waals surface area contributed by atoms with Crippen molar-refractivity contribution >= 4 is 11.1 Å². The number of hydrogen-bond donors (Lipinski definition) is 1. The summed E-state index contributed by atoms with van der Waals surface area (Å²) in [5.74, 6) is 0.193. The molecule has 0 bridgehead atoms. The van der Waals surface area contributed by atoms with E-state index < -0.39 is 0 Å². The Labute approximate surface area is 172 Å². The summed E-state index contributed by atoms with van der Waals surface area (Å²) >= 11 is 0. The average Bonchev–Trinajstić information content (AvgIpc) is 3.13. The van der Waals surface area contributed by atoms with E-state index in [0.29, 0.717) is 23.6 Å². The van der Waals surface area contributed by atoms with Crippen LogP contribution in [-0.2, 0) is 6.42 Å². The van der Waals surface area contributed by atoms with Crippen LogP contribution in [0.3, 0.4) is 0 Å². The number of aromatic nitrogens is 1. The molecule has 1 atom stereocenters. The molecule has 3 aromatic rings. The SMILES string of the molecule is CCN(C1CCC(c2ccc3[nH]c(=O)oc3c2)CC1)[C@@H](C)CCc1ccccc1. The zero-order valence-electron chi connectivity index (χ0n) is 17.6. The molecule has 0 saturated heterocycles. The summed E-state index contributed by atoms with van der Waals surface area (Å²) < 4.78 is 5.25. The van der Waals surface area contributed by atoms with Gasteiger partial charge in [-0.1, -0.05) is 43.3 Å². The Bertz CT molecular complexity index is 967. The van der Waals surface area contributed by atoms with Crippen molar-refractivity contribution in [2.24, 2.45) is 0 Å². The largest absolute Gasteiger partial charge is 0.417 e. The van der Waals surface area contributed by atoms with Gasteiger partial charge in [-0.25, -0.2) is 4.79 Å². The smallest absolute Gasteiger partial charge is 0.408 e. The fraction of sp³-hybridized carbons (Fsp3) is 0.480. The molecule has 1 heterocycles. The van der Waals surface area contributed by atoms with Crippen LogP contribution >= 0.6 is 0 Å². The van der Waals surface area contributed by atoms with E-state index in [9.17, 15) is 4.79 Å². The molecule has 1 aromatic heterocycles. The van der Waals surface area contributed by atoms with E-state index in [2.05, 4.69) is 66.2 Å². The monoisotopic (exact) mass is 392 g/mol. The van der Waals surface area contributed by atoms with Crippen LogP contribution in [0.4, 0.5) is 0 Å². The van der Waals surface area contributed by atoms with E-state index in [4.69, 9.17) is 4.42 Å². The summed E-state index contributed by atoms with van der Waals surface area (Å²) in [6.45, 7) is 5.80. The maximum Gasteiger partial charge on any atom is 0.417 e. The number of H-pyrrole nitrogens is 1. The van der Waals surface area contributed by atoms with Gasteiger partial charge in [-0.05, 0) is 81.2 Å². The van der Waals surface area contributed by atoms with Crippen molar-refractivity contribution < 1.29 is 4.42 Å². The highest BCUT2D eigenvalue weighted by molar-refractivity contribution is 5.72. The molecule has 4 nitrogen and oxygen atoms in total. The molecule has 1 N–H and O–H groups in total. The Balaban J connectivity index is 1.34. The topological polar surface area (TPSA) is 49.2 Å². The Morgan fingerprint density at radius 3 is 2.59 bits per heavy atom. The molecule has 0 aliphatic heterocycles. The standard InChI is InChI=1S/C25H32N2O2/c1-3-27(18(2)9-10-19-7-5-4-6-8-19)22-14-11-20(12-15-22)21-13-16-23-24(17-21)29-25(28)26-23/h4-8,13,16-18,20,22H,3,9-12,14-15H2,1-2H3,(H,26,28)/t18-,20?,22?/m0/s1. The lowest BCUT2D eigenvalue weighted by Gasteiger charge is -2.40. The Morgan fingerprint density at radius 1 is 1.10 bits per heavy atom. The summed E-state index contributed by atoms with van der Waals surface area (Å²) in [6, 6.07) is 18.3. The molecule has 4 rings (SSSR count). The quantitative estimate of drug-likeness (QED) is 0.578. The molecule has 4 heteroatoms. The van der Waals surface area contributed by atoms with Crippen LogP contribution in [0, 0.1) is 0 Å². The molecule has 1 aliphatic carbocycles. The summed E-state index contributed by atoms with van der Waals surface area (Å²) in [5.41, 5.74) is 4.21. The first kappa shape index (κ1) is 20.0. The predicted molar refractivity (Wildman–Crippen MR) is 118 cm³/mol. The molecule has 0 unspecified atom stereocenters. The van der Waals surface area contributed by atoms with Crippen molar-refractivity contribution in [3.63, 3.8) is 0 Å². The van der Waals surface area contributed by atoms with E-state index in [1.54, 1.807) is 0 Å². The fourth-order valence-corrected chi connectivity index (χ4v) is 5.07. The number of aryl methyl sites for hydroxylation is 1. The molecular formula is C25H32N2O2. The number of oxazole rings is 1. The second-order valence-corrected chi connectivity index (χ2v) is 8.48. The van der Waals surface area contributed by atoms with Crippen molar-refractivity contribution in [1.82, 2.24) is 9.88 Å². The van der Waals surface area contributed by atoms with Gasteiger partial charge in [-0.15, -0.1) is 0 Å².